The molecule has 2 heterocycles. The second-order valence-electron chi connectivity index (χ2n) is 4.29. The number of hydrogen-bond donors (Lipinski definition) is 1. The lowest BCUT2D eigenvalue weighted by molar-refractivity contribution is -0.135. The van der Waals surface area contributed by atoms with Gasteiger partial charge in [0, 0.05) is 25.5 Å². The molecule has 1 aromatic heterocycles. The number of rotatable bonds is 3. The minimum Gasteiger partial charge on any atom is -0.389 e. The fourth-order valence-corrected chi connectivity index (χ4v) is 1.87. The van der Waals surface area contributed by atoms with Crippen molar-refractivity contribution in [2.24, 2.45) is 0 Å². The van der Waals surface area contributed by atoms with E-state index in [1.807, 2.05) is 23.4 Å². The molecule has 1 saturated heterocycles. The first kappa shape index (κ1) is 12.1. The maximum atomic E-state index is 11.9. The van der Waals surface area contributed by atoms with E-state index in [1.54, 1.807) is 11.5 Å². The predicted molar refractivity (Wildman–Crippen MR) is 62.5 cm³/mol. The number of morpholine rings is 1. The van der Waals surface area contributed by atoms with E-state index in [1.165, 1.54) is 0 Å². The van der Waals surface area contributed by atoms with Crippen molar-refractivity contribution in [3.63, 3.8) is 0 Å². The molecule has 2 rings (SSSR count). The fourth-order valence-electron chi connectivity index (χ4n) is 1.87. The van der Waals surface area contributed by atoms with Crippen LogP contribution in [-0.2, 0) is 16.1 Å². The number of ether oxygens (including phenoxy) is 1. The number of aromatic nitrogens is 1. The SMILES string of the molecule is CC(O)c1ccn(CC(=O)N2CCOCC2)c1. The van der Waals surface area contributed by atoms with Crippen LogP contribution in [0, 0.1) is 0 Å². The van der Waals surface area contributed by atoms with E-state index < -0.39 is 6.10 Å². The maximum absolute atomic E-state index is 11.9. The summed E-state index contributed by atoms with van der Waals surface area (Å²) in [4.78, 5) is 13.7. The van der Waals surface area contributed by atoms with Gasteiger partial charge in [-0.25, -0.2) is 0 Å². The number of nitrogens with zero attached hydrogens (tertiary/aromatic N) is 2. The van der Waals surface area contributed by atoms with Gasteiger partial charge in [0.1, 0.15) is 6.54 Å². The van der Waals surface area contributed by atoms with E-state index in [9.17, 15) is 9.90 Å². The number of aliphatic hydroxyl groups excluding tert-OH is 1. The Bertz CT molecular complexity index is 381. The molecule has 5 nitrogen and oxygen atoms in total. The smallest absolute Gasteiger partial charge is 0.242 e. The second kappa shape index (κ2) is 5.33. The van der Waals surface area contributed by atoms with Gasteiger partial charge in [-0.1, -0.05) is 0 Å². The molecule has 0 bridgehead atoms. The molecule has 1 aromatic rings. The normalized spacial score (nSPS) is 18.1. The van der Waals surface area contributed by atoms with Crippen molar-refractivity contribution < 1.29 is 14.6 Å². The van der Waals surface area contributed by atoms with E-state index in [0.717, 1.165) is 5.56 Å². The topological polar surface area (TPSA) is 54.7 Å². The van der Waals surface area contributed by atoms with Crippen LogP contribution in [0.4, 0.5) is 0 Å². The van der Waals surface area contributed by atoms with Crippen LogP contribution in [0.25, 0.3) is 0 Å². The standard InChI is InChI=1S/C12H18N2O3/c1-10(15)11-2-3-13(8-11)9-12(16)14-4-6-17-7-5-14/h2-3,8,10,15H,4-7,9H2,1H3. The van der Waals surface area contributed by atoms with Crippen LogP contribution < -0.4 is 0 Å². The van der Waals surface area contributed by atoms with Gasteiger partial charge in [-0.3, -0.25) is 4.79 Å². The summed E-state index contributed by atoms with van der Waals surface area (Å²) in [5.41, 5.74) is 0.833. The quantitative estimate of drug-likeness (QED) is 0.829. The van der Waals surface area contributed by atoms with Crippen molar-refractivity contribution in [2.75, 3.05) is 26.3 Å². The highest BCUT2D eigenvalue weighted by Gasteiger charge is 2.17. The van der Waals surface area contributed by atoms with Gasteiger partial charge in [0.15, 0.2) is 0 Å². The molecule has 1 atom stereocenters. The zero-order valence-electron chi connectivity index (χ0n) is 10.0. The Labute approximate surface area is 101 Å². The van der Waals surface area contributed by atoms with E-state index in [-0.39, 0.29) is 5.91 Å². The number of carbonyl (C=O) groups is 1. The zero-order chi connectivity index (χ0) is 12.3. The summed E-state index contributed by atoms with van der Waals surface area (Å²) in [5, 5.41) is 9.39. The van der Waals surface area contributed by atoms with Gasteiger partial charge in [0.2, 0.25) is 5.91 Å². The molecule has 1 unspecified atom stereocenters. The molecule has 94 valence electrons. The summed E-state index contributed by atoms with van der Waals surface area (Å²) in [6.45, 7) is 4.62. The highest BCUT2D eigenvalue weighted by molar-refractivity contribution is 5.76. The monoisotopic (exact) mass is 238 g/mol. The first-order valence-electron chi connectivity index (χ1n) is 5.86. The molecule has 0 aromatic carbocycles. The Morgan fingerprint density at radius 3 is 2.82 bits per heavy atom. The lowest BCUT2D eigenvalue weighted by Crippen LogP contribution is -2.42. The third-order valence-electron chi connectivity index (χ3n) is 2.94. The van der Waals surface area contributed by atoms with Crippen molar-refractivity contribution in [1.29, 1.82) is 0 Å². The summed E-state index contributed by atoms with van der Waals surface area (Å²) in [7, 11) is 0. The van der Waals surface area contributed by atoms with Crippen molar-refractivity contribution >= 4 is 5.91 Å². The highest BCUT2D eigenvalue weighted by Crippen LogP contribution is 2.12. The third kappa shape index (κ3) is 3.08. The first-order chi connectivity index (χ1) is 8.16. The van der Waals surface area contributed by atoms with Crippen LogP contribution in [0.1, 0.15) is 18.6 Å². The number of carbonyl (C=O) groups excluding carboxylic acids is 1. The zero-order valence-corrected chi connectivity index (χ0v) is 10.0. The van der Waals surface area contributed by atoms with Gasteiger partial charge in [-0.05, 0) is 18.6 Å². The number of amides is 1. The molecule has 1 aliphatic heterocycles. The van der Waals surface area contributed by atoms with Crippen LogP contribution in [0.2, 0.25) is 0 Å². The van der Waals surface area contributed by atoms with E-state index in [4.69, 9.17) is 4.74 Å². The van der Waals surface area contributed by atoms with Gasteiger partial charge in [-0.2, -0.15) is 0 Å². The summed E-state index contributed by atoms with van der Waals surface area (Å²) in [6.07, 6.45) is 3.14. The molecule has 1 aliphatic rings. The molecule has 1 N–H and O–H groups in total. The average molecular weight is 238 g/mol. The molecule has 17 heavy (non-hydrogen) atoms. The number of hydrogen-bond acceptors (Lipinski definition) is 3. The Morgan fingerprint density at radius 2 is 2.24 bits per heavy atom. The average Bonchev–Trinajstić information content (AvgIpc) is 2.79. The highest BCUT2D eigenvalue weighted by atomic mass is 16.5. The summed E-state index contributed by atoms with van der Waals surface area (Å²) < 4.78 is 7.01. The van der Waals surface area contributed by atoms with Crippen molar-refractivity contribution in [1.82, 2.24) is 9.47 Å². The van der Waals surface area contributed by atoms with E-state index >= 15 is 0 Å². The minimum absolute atomic E-state index is 0.0982. The largest absolute Gasteiger partial charge is 0.389 e. The Hall–Kier alpha value is -1.33. The van der Waals surface area contributed by atoms with Crippen LogP contribution in [0.5, 0.6) is 0 Å². The van der Waals surface area contributed by atoms with Crippen molar-refractivity contribution in [2.45, 2.75) is 19.6 Å². The second-order valence-corrected chi connectivity index (χ2v) is 4.29. The fraction of sp³-hybridized carbons (Fsp3) is 0.583. The molecular formula is C12H18N2O3. The number of aliphatic hydroxyl groups is 1. The minimum atomic E-state index is -0.491. The summed E-state index contributed by atoms with van der Waals surface area (Å²) >= 11 is 0. The Balaban J connectivity index is 1.92. The first-order valence-corrected chi connectivity index (χ1v) is 5.86. The maximum Gasteiger partial charge on any atom is 0.242 e. The molecule has 0 radical (unpaired) electrons. The van der Waals surface area contributed by atoms with Gasteiger partial charge < -0.3 is 19.3 Å². The molecule has 0 saturated carbocycles. The third-order valence-corrected chi connectivity index (χ3v) is 2.94. The Kier molecular flexibility index (Phi) is 3.81. The van der Waals surface area contributed by atoms with Crippen LogP contribution in [0.3, 0.4) is 0 Å². The van der Waals surface area contributed by atoms with Crippen LogP contribution in [0.15, 0.2) is 18.5 Å². The van der Waals surface area contributed by atoms with Gasteiger partial charge in [-0.15, -0.1) is 0 Å². The summed E-state index contributed by atoms with van der Waals surface area (Å²) in [6, 6.07) is 1.83. The predicted octanol–water partition coefficient (Wildman–Crippen LogP) is 0.400. The molecule has 0 spiro atoms. The lowest BCUT2D eigenvalue weighted by Gasteiger charge is -2.26. The summed E-state index contributed by atoms with van der Waals surface area (Å²) in [5.74, 6) is 0.0982. The molecule has 1 amide bonds. The van der Waals surface area contributed by atoms with Crippen molar-refractivity contribution in [3.8, 4) is 0 Å². The van der Waals surface area contributed by atoms with Gasteiger partial charge >= 0.3 is 0 Å². The molecule has 0 aliphatic carbocycles. The lowest BCUT2D eigenvalue weighted by atomic mass is 10.2. The Morgan fingerprint density at radius 1 is 1.53 bits per heavy atom. The molecule has 1 fully saturated rings. The van der Waals surface area contributed by atoms with E-state index in [0.29, 0.717) is 32.8 Å². The molecule has 5 heteroatoms. The van der Waals surface area contributed by atoms with E-state index in [2.05, 4.69) is 0 Å². The van der Waals surface area contributed by atoms with Crippen LogP contribution >= 0.6 is 0 Å². The van der Waals surface area contributed by atoms with Gasteiger partial charge in [0.25, 0.3) is 0 Å². The molecular weight excluding hydrogens is 220 g/mol. The van der Waals surface area contributed by atoms with Crippen molar-refractivity contribution in [3.05, 3.63) is 24.0 Å². The van der Waals surface area contributed by atoms with Crippen LogP contribution in [-0.4, -0.2) is 46.8 Å². The van der Waals surface area contributed by atoms with Gasteiger partial charge in [0.05, 0.1) is 19.3 Å².